The van der Waals surface area contributed by atoms with Crippen molar-refractivity contribution in [2.45, 2.75) is 24.4 Å². The molecular formula is C20H20FN5. The molecule has 6 heteroatoms. The molecule has 3 aromatic rings. The van der Waals surface area contributed by atoms with Gasteiger partial charge >= 0.3 is 0 Å². The molecule has 1 aromatic carbocycles. The van der Waals surface area contributed by atoms with Crippen molar-refractivity contribution >= 4 is 11.5 Å². The van der Waals surface area contributed by atoms with E-state index in [1.54, 1.807) is 6.20 Å². The summed E-state index contributed by atoms with van der Waals surface area (Å²) in [7, 11) is 0. The number of nitrogens with one attached hydrogen (secondary N) is 1. The Hall–Kier alpha value is -3.02. The lowest BCUT2D eigenvalue weighted by molar-refractivity contribution is 0.0996. The Morgan fingerprint density at radius 2 is 1.96 bits per heavy atom. The minimum atomic E-state index is -0.768. The summed E-state index contributed by atoms with van der Waals surface area (Å²) in [6.45, 7) is 0.580. The van der Waals surface area contributed by atoms with Crippen molar-refractivity contribution in [3.63, 3.8) is 0 Å². The van der Waals surface area contributed by atoms with Crippen LogP contribution < -0.4 is 11.1 Å². The second kappa shape index (κ2) is 6.71. The number of halogens is 1. The molecule has 0 bridgehead atoms. The number of anilines is 2. The molecule has 1 aliphatic rings. The number of rotatable bonds is 5. The Bertz CT molecular complexity index is 876. The molecule has 0 aliphatic heterocycles. The van der Waals surface area contributed by atoms with Crippen molar-refractivity contribution in [1.82, 2.24) is 15.2 Å². The Morgan fingerprint density at radius 3 is 2.62 bits per heavy atom. The number of nitrogens with two attached hydrogens (primary N) is 1. The quantitative estimate of drug-likeness (QED) is 0.688. The Labute approximate surface area is 151 Å². The zero-order valence-corrected chi connectivity index (χ0v) is 14.3. The number of nitrogens with zero attached hydrogens (tertiary/aromatic N) is 3. The number of benzene rings is 1. The molecule has 0 radical (unpaired) electrons. The third kappa shape index (κ3) is 3.22. The molecule has 3 N–H and O–H groups in total. The zero-order chi connectivity index (χ0) is 18.0. The lowest BCUT2D eigenvalue weighted by atomic mass is 9.65. The fraction of sp³-hybridized carbons (Fsp3) is 0.250. The average molecular weight is 349 g/mol. The largest absolute Gasteiger partial charge is 0.399 e. The number of nitrogen functional groups attached to an aromatic ring is 1. The third-order valence-corrected chi connectivity index (χ3v) is 4.89. The van der Waals surface area contributed by atoms with Crippen LogP contribution in [0.3, 0.4) is 0 Å². The fourth-order valence-corrected chi connectivity index (χ4v) is 3.45. The summed E-state index contributed by atoms with van der Waals surface area (Å²) >= 11 is 0. The molecule has 26 heavy (non-hydrogen) atoms. The minimum absolute atomic E-state index is 0.283. The Morgan fingerprint density at radius 1 is 1.08 bits per heavy atom. The molecule has 0 atom stereocenters. The molecule has 4 rings (SSSR count). The van der Waals surface area contributed by atoms with Gasteiger partial charge in [-0.15, -0.1) is 10.2 Å². The summed E-state index contributed by atoms with van der Waals surface area (Å²) in [5.41, 5.74) is 8.82. The van der Waals surface area contributed by atoms with Gasteiger partial charge in [-0.05, 0) is 49.2 Å². The van der Waals surface area contributed by atoms with Gasteiger partial charge in [0.2, 0.25) is 0 Å². The predicted molar refractivity (Wildman–Crippen MR) is 100 cm³/mol. The van der Waals surface area contributed by atoms with Crippen molar-refractivity contribution in [1.29, 1.82) is 0 Å². The van der Waals surface area contributed by atoms with Crippen LogP contribution in [0.2, 0.25) is 0 Å². The van der Waals surface area contributed by atoms with Crippen LogP contribution in [0.4, 0.5) is 15.9 Å². The number of hydrogen-bond donors (Lipinski definition) is 2. The van der Waals surface area contributed by atoms with E-state index in [1.807, 2.05) is 54.6 Å². The highest BCUT2D eigenvalue weighted by Gasteiger charge is 2.46. The number of pyridine rings is 1. The van der Waals surface area contributed by atoms with Gasteiger partial charge in [0.05, 0.1) is 5.69 Å². The standard InChI is InChI=1S/C20H20FN5/c21-15-11-20(12-15,18-6-1-2-9-23-18)13-24-19-8-7-17(25-26-19)14-4-3-5-16(22)10-14/h1-10,15H,11-13,22H2,(H,24,26). The van der Waals surface area contributed by atoms with Crippen LogP contribution in [0.1, 0.15) is 18.5 Å². The van der Waals surface area contributed by atoms with Crippen molar-refractivity contribution in [3.05, 3.63) is 66.5 Å². The fourth-order valence-electron chi connectivity index (χ4n) is 3.45. The number of alkyl halides is 1. The van der Waals surface area contributed by atoms with Crippen LogP contribution in [0.15, 0.2) is 60.8 Å². The molecule has 2 heterocycles. The topological polar surface area (TPSA) is 76.7 Å². The summed E-state index contributed by atoms with van der Waals surface area (Å²) in [6.07, 6.45) is 1.94. The molecule has 0 saturated heterocycles. The Balaban J connectivity index is 1.47. The first kappa shape index (κ1) is 16.4. The van der Waals surface area contributed by atoms with Gasteiger partial charge in [0.25, 0.3) is 0 Å². The maximum absolute atomic E-state index is 13.6. The van der Waals surface area contributed by atoms with Crippen LogP contribution >= 0.6 is 0 Å². The van der Waals surface area contributed by atoms with Crippen molar-refractivity contribution in [3.8, 4) is 11.3 Å². The first-order valence-electron chi connectivity index (χ1n) is 8.64. The van der Waals surface area contributed by atoms with E-state index in [1.165, 1.54) is 0 Å². The van der Waals surface area contributed by atoms with Crippen LogP contribution in [0.5, 0.6) is 0 Å². The molecule has 0 amide bonds. The maximum atomic E-state index is 13.6. The summed E-state index contributed by atoms with van der Waals surface area (Å²) in [6, 6.07) is 17.1. The minimum Gasteiger partial charge on any atom is -0.399 e. The summed E-state index contributed by atoms with van der Waals surface area (Å²) in [4.78, 5) is 4.43. The lowest BCUT2D eigenvalue weighted by Crippen LogP contribution is -2.48. The van der Waals surface area contributed by atoms with E-state index < -0.39 is 6.17 Å². The van der Waals surface area contributed by atoms with E-state index in [0.29, 0.717) is 30.9 Å². The van der Waals surface area contributed by atoms with Gasteiger partial charge in [-0.25, -0.2) is 4.39 Å². The second-order valence-electron chi connectivity index (χ2n) is 6.78. The highest BCUT2D eigenvalue weighted by atomic mass is 19.1. The van der Waals surface area contributed by atoms with E-state index in [-0.39, 0.29) is 5.41 Å². The van der Waals surface area contributed by atoms with E-state index in [2.05, 4.69) is 20.5 Å². The summed E-state index contributed by atoms with van der Waals surface area (Å²) < 4.78 is 13.6. The first-order valence-corrected chi connectivity index (χ1v) is 8.64. The summed E-state index contributed by atoms with van der Waals surface area (Å²) in [5, 5.41) is 11.8. The molecule has 5 nitrogen and oxygen atoms in total. The van der Waals surface area contributed by atoms with Crippen LogP contribution in [-0.4, -0.2) is 27.9 Å². The molecular weight excluding hydrogens is 329 g/mol. The highest BCUT2D eigenvalue weighted by Crippen LogP contribution is 2.44. The van der Waals surface area contributed by atoms with Crippen molar-refractivity contribution < 1.29 is 4.39 Å². The third-order valence-electron chi connectivity index (χ3n) is 4.89. The van der Waals surface area contributed by atoms with Gasteiger partial charge in [0.1, 0.15) is 12.0 Å². The van der Waals surface area contributed by atoms with Crippen molar-refractivity contribution in [2.24, 2.45) is 0 Å². The van der Waals surface area contributed by atoms with Gasteiger partial charge in [-0.1, -0.05) is 18.2 Å². The first-order chi connectivity index (χ1) is 12.6. The smallest absolute Gasteiger partial charge is 0.148 e. The highest BCUT2D eigenvalue weighted by molar-refractivity contribution is 5.64. The van der Waals surface area contributed by atoms with Gasteiger partial charge in [0, 0.05) is 35.1 Å². The SMILES string of the molecule is Nc1cccc(-c2ccc(NCC3(c4ccccn4)CC(F)C3)nn2)c1. The second-order valence-corrected chi connectivity index (χ2v) is 6.78. The van der Waals surface area contributed by atoms with Gasteiger partial charge in [-0.3, -0.25) is 4.98 Å². The van der Waals surface area contributed by atoms with E-state index in [0.717, 1.165) is 17.0 Å². The van der Waals surface area contributed by atoms with Crippen LogP contribution in [-0.2, 0) is 5.41 Å². The molecule has 1 saturated carbocycles. The monoisotopic (exact) mass is 349 g/mol. The summed E-state index contributed by atoms with van der Waals surface area (Å²) in [5.74, 6) is 0.662. The molecule has 132 valence electrons. The van der Waals surface area contributed by atoms with E-state index in [4.69, 9.17) is 5.73 Å². The van der Waals surface area contributed by atoms with E-state index >= 15 is 0 Å². The predicted octanol–water partition coefficient (Wildman–Crippen LogP) is 3.60. The molecule has 1 aliphatic carbocycles. The Kier molecular flexibility index (Phi) is 4.24. The average Bonchev–Trinajstić information content (AvgIpc) is 2.65. The molecule has 0 spiro atoms. The maximum Gasteiger partial charge on any atom is 0.148 e. The number of hydrogen-bond acceptors (Lipinski definition) is 5. The van der Waals surface area contributed by atoms with Gasteiger partial charge < -0.3 is 11.1 Å². The van der Waals surface area contributed by atoms with Crippen molar-refractivity contribution in [2.75, 3.05) is 17.6 Å². The van der Waals surface area contributed by atoms with Crippen LogP contribution in [0.25, 0.3) is 11.3 Å². The normalized spacial score (nSPS) is 21.8. The lowest BCUT2D eigenvalue weighted by Gasteiger charge is -2.43. The molecule has 2 aromatic heterocycles. The van der Waals surface area contributed by atoms with Gasteiger partial charge in [0.15, 0.2) is 0 Å². The van der Waals surface area contributed by atoms with Crippen LogP contribution in [0, 0.1) is 0 Å². The number of aromatic nitrogens is 3. The van der Waals surface area contributed by atoms with E-state index in [9.17, 15) is 4.39 Å². The molecule has 1 fully saturated rings. The zero-order valence-electron chi connectivity index (χ0n) is 14.3. The van der Waals surface area contributed by atoms with Gasteiger partial charge in [-0.2, -0.15) is 0 Å². The molecule has 0 unspecified atom stereocenters.